The molecule has 1 aromatic rings. The van der Waals surface area contributed by atoms with E-state index in [0.29, 0.717) is 0 Å². The van der Waals surface area contributed by atoms with Crippen molar-refractivity contribution < 1.29 is 88.7 Å². The van der Waals surface area contributed by atoms with E-state index in [-0.39, 0.29) is 113 Å². The number of aromatic nitrogens is 3. The fourth-order valence-corrected chi connectivity index (χ4v) is 0.320. The van der Waals surface area contributed by atoms with Gasteiger partial charge in [0, 0.05) is 0 Å². The van der Waals surface area contributed by atoms with Gasteiger partial charge in [-0.3, -0.25) is 0 Å². The molecular weight excluding hydrogens is 266 g/mol. The van der Waals surface area contributed by atoms with Crippen LogP contribution in [-0.4, -0.2) is 0 Å². The van der Waals surface area contributed by atoms with Crippen LogP contribution in [-0.2, 0) is 0 Å². The first-order valence-electron chi connectivity index (χ1n) is 1.95. The molecule has 0 atom stereocenters. The van der Waals surface area contributed by atoms with Gasteiger partial charge in [-0.05, 0) is 17.1 Å². The van der Waals surface area contributed by atoms with Crippen LogP contribution in [0.15, 0.2) is 14.4 Å². The Kier molecular flexibility index (Phi) is 31.9. The van der Waals surface area contributed by atoms with Gasteiger partial charge in [0.05, 0.1) is 0 Å². The fourth-order valence-electron chi connectivity index (χ4n) is 0.320. The minimum Gasteiger partial charge on any atom is -0.628 e. The van der Waals surface area contributed by atoms with Crippen molar-refractivity contribution in [3.63, 3.8) is 0 Å². The summed E-state index contributed by atoms with van der Waals surface area (Å²) in [6.07, 6.45) is 0. The second kappa shape index (κ2) is 15.0. The Balaban J connectivity index is -0.0000000540. The van der Waals surface area contributed by atoms with Gasteiger partial charge >= 0.3 is 88.7 Å². The summed E-state index contributed by atoms with van der Waals surface area (Å²) in [6, 6.07) is 0. The monoisotopic (exact) mass is 267 g/mol. The SMILES string of the molecule is Cl.Cl.O=c1[n-]c(=O)[n-]c(=O)[n-]1.[Na+].[Na+].[Na+]. The molecule has 0 N–H and O–H groups in total. The van der Waals surface area contributed by atoms with E-state index in [1.165, 1.54) is 0 Å². The second-order valence-electron chi connectivity index (χ2n) is 1.18. The third kappa shape index (κ3) is 12.1. The van der Waals surface area contributed by atoms with Gasteiger partial charge in [-0.15, -0.1) is 24.8 Å². The van der Waals surface area contributed by atoms with Gasteiger partial charge in [-0.25, -0.2) is 0 Å². The maximum absolute atomic E-state index is 10.0. The van der Waals surface area contributed by atoms with Crippen LogP contribution in [0.25, 0.3) is 0 Å². The summed E-state index contributed by atoms with van der Waals surface area (Å²) in [6.45, 7) is 0. The number of nitrogens with zero attached hydrogens (tertiary/aromatic N) is 3. The predicted octanol–water partition coefficient (Wildman–Crippen LogP) is -11.5. The van der Waals surface area contributed by atoms with E-state index >= 15 is 0 Å². The molecule has 14 heavy (non-hydrogen) atoms. The van der Waals surface area contributed by atoms with Crippen LogP contribution in [0.2, 0.25) is 0 Å². The van der Waals surface area contributed by atoms with Crippen LogP contribution in [0.1, 0.15) is 0 Å². The van der Waals surface area contributed by atoms with Gasteiger partial charge in [0.2, 0.25) is 0 Å². The molecule has 0 aliphatic rings. The van der Waals surface area contributed by atoms with E-state index in [4.69, 9.17) is 0 Å². The maximum Gasteiger partial charge on any atom is 1.00 e. The number of hydrogen-bond acceptors (Lipinski definition) is 3. The van der Waals surface area contributed by atoms with Gasteiger partial charge in [-0.1, -0.05) is 0 Å². The Labute approximate surface area is 157 Å². The summed E-state index contributed by atoms with van der Waals surface area (Å²) < 4.78 is 0. The van der Waals surface area contributed by atoms with Crippen LogP contribution in [0, 0.1) is 0 Å². The van der Waals surface area contributed by atoms with Crippen LogP contribution in [0.3, 0.4) is 0 Å². The molecule has 11 heteroatoms. The zero-order valence-electron chi connectivity index (χ0n) is 7.88. The molecule has 64 valence electrons. The molecule has 0 unspecified atom stereocenters. The Bertz CT molecular complexity index is 295. The van der Waals surface area contributed by atoms with Gasteiger partial charge in [0.25, 0.3) is 0 Å². The summed E-state index contributed by atoms with van der Waals surface area (Å²) in [7, 11) is 0. The first-order valence-corrected chi connectivity index (χ1v) is 1.95. The number of rotatable bonds is 0. The van der Waals surface area contributed by atoms with Crippen LogP contribution in [0.4, 0.5) is 0 Å². The van der Waals surface area contributed by atoms with E-state index in [9.17, 15) is 14.4 Å². The van der Waals surface area contributed by atoms with E-state index in [1.807, 2.05) is 0 Å². The Hall–Kier alpha value is 1.99. The quantitative estimate of drug-likeness (QED) is 0.434. The fraction of sp³-hybridized carbons (Fsp3) is 0. The maximum atomic E-state index is 10.0. The molecule has 0 fully saturated rings. The van der Waals surface area contributed by atoms with E-state index in [0.717, 1.165) is 0 Å². The first-order chi connectivity index (χ1) is 4.18. The average Bonchev–Trinajstić information content (AvgIpc) is 1.59. The average molecular weight is 268 g/mol. The minimum absolute atomic E-state index is 0. The zero-order valence-corrected chi connectivity index (χ0v) is 15.5. The van der Waals surface area contributed by atoms with Crippen molar-refractivity contribution >= 4 is 24.8 Å². The minimum atomic E-state index is -1.08. The molecule has 0 aliphatic heterocycles. The zero-order chi connectivity index (χ0) is 6.85. The van der Waals surface area contributed by atoms with Crippen LogP contribution >= 0.6 is 24.8 Å². The summed E-state index contributed by atoms with van der Waals surface area (Å²) in [4.78, 5) is 38.2. The summed E-state index contributed by atoms with van der Waals surface area (Å²) in [5.41, 5.74) is -3.25. The molecule has 1 heterocycles. The number of halogens is 2. The van der Waals surface area contributed by atoms with Crippen LogP contribution in [0.5, 0.6) is 0 Å². The normalized spacial score (nSPS) is 6.00. The standard InChI is InChI=1S/C3H3N3O3.2ClH.3Na/c7-1-4-2(8)6-3(9)5-1;;;;;/h(H3,4,5,6,7,8,9);2*1H;;;/q;;;3*+1/p-3. The molecule has 0 saturated heterocycles. The smallest absolute Gasteiger partial charge is 0.628 e. The molecule has 0 aromatic carbocycles. The first kappa shape index (κ1) is 29.7. The van der Waals surface area contributed by atoms with E-state index in [2.05, 4.69) is 15.0 Å². The predicted molar refractivity (Wildman–Crippen MR) is 39.7 cm³/mol. The van der Waals surface area contributed by atoms with Gasteiger partial charge in [-0.2, -0.15) is 0 Å². The number of hydrogen-bond donors (Lipinski definition) is 0. The molecule has 1 aromatic heterocycles. The Morgan fingerprint density at radius 1 is 0.571 bits per heavy atom. The van der Waals surface area contributed by atoms with E-state index < -0.39 is 17.1 Å². The van der Waals surface area contributed by atoms with Crippen molar-refractivity contribution in [3.05, 3.63) is 31.5 Å². The van der Waals surface area contributed by atoms with Crippen molar-refractivity contribution in [2.75, 3.05) is 0 Å². The molecule has 1 rings (SSSR count). The third-order valence-corrected chi connectivity index (χ3v) is 0.574. The Morgan fingerprint density at radius 2 is 0.714 bits per heavy atom. The molecule has 0 saturated carbocycles. The topological polar surface area (TPSA) is 93.5 Å². The van der Waals surface area contributed by atoms with Crippen molar-refractivity contribution in [1.82, 2.24) is 15.0 Å². The van der Waals surface area contributed by atoms with Crippen molar-refractivity contribution in [3.8, 4) is 0 Å². The summed E-state index contributed by atoms with van der Waals surface area (Å²) in [5.74, 6) is 0. The van der Waals surface area contributed by atoms with Gasteiger partial charge < -0.3 is 29.3 Å². The molecule has 0 aliphatic carbocycles. The molecule has 0 amide bonds. The Morgan fingerprint density at radius 3 is 0.857 bits per heavy atom. The molecule has 6 nitrogen and oxygen atoms in total. The molecule has 0 spiro atoms. The largest absolute Gasteiger partial charge is 1.00 e. The summed E-state index contributed by atoms with van der Waals surface area (Å²) >= 11 is 0. The second-order valence-corrected chi connectivity index (χ2v) is 1.18. The van der Waals surface area contributed by atoms with Crippen molar-refractivity contribution in [2.45, 2.75) is 0 Å². The third-order valence-electron chi connectivity index (χ3n) is 0.574. The van der Waals surface area contributed by atoms with Gasteiger partial charge in [0.1, 0.15) is 0 Å². The van der Waals surface area contributed by atoms with Gasteiger partial charge in [0.15, 0.2) is 0 Å². The molecule has 0 bridgehead atoms. The summed E-state index contributed by atoms with van der Waals surface area (Å²) in [5, 5.41) is 0. The van der Waals surface area contributed by atoms with E-state index in [1.54, 1.807) is 0 Å². The van der Waals surface area contributed by atoms with Crippen molar-refractivity contribution in [2.24, 2.45) is 0 Å². The van der Waals surface area contributed by atoms with Crippen molar-refractivity contribution in [1.29, 1.82) is 0 Å². The van der Waals surface area contributed by atoms with Crippen LogP contribution < -0.4 is 121 Å². The molecule has 0 radical (unpaired) electrons. The molecular formula is C3H2Cl2N3Na3O3.